The molecule has 2 unspecified atom stereocenters. The Morgan fingerprint density at radius 1 is 1.14 bits per heavy atom. The fourth-order valence-corrected chi connectivity index (χ4v) is 5.53. The van der Waals surface area contributed by atoms with Gasteiger partial charge in [0.05, 0.1) is 10.0 Å². The third-order valence-corrected chi connectivity index (χ3v) is 7.46. The molecular formula is C24H24Cl2N2O. The first-order valence-electron chi connectivity index (χ1n) is 10.4. The van der Waals surface area contributed by atoms with E-state index in [9.17, 15) is 4.79 Å². The van der Waals surface area contributed by atoms with E-state index >= 15 is 0 Å². The number of ketones is 1. The monoisotopic (exact) mass is 426 g/mol. The molecule has 0 bridgehead atoms. The van der Waals surface area contributed by atoms with Gasteiger partial charge in [0.15, 0.2) is 5.78 Å². The van der Waals surface area contributed by atoms with Gasteiger partial charge in [-0.25, -0.2) is 0 Å². The highest BCUT2D eigenvalue weighted by Gasteiger charge is 2.32. The summed E-state index contributed by atoms with van der Waals surface area (Å²) < 4.78 is 0. The Labute approximate surface area is 181 Å². The normalized spacial score (nSPS) is 22.1. The number of nitrogens with zero attached hydrogens (tertiary/aromatic N) is 1. The Bertz CT molecular complexity index is 1070. The Morgan fingerprint density at radius 2 is 2.03 bits per heavy atom. The molecular weight excluding hydrogens is 403 g/mol. The number of hydrogen-bond acceptors (Lipinski definition) is 2. The first kappa shape index (κ1) is 19.2. The van der Waals surface area contributed by atoms with Gasteiger partial charge in [0, 0.05) is 41.7 Å². The molecule has 5 rings (SSSR count). The molecule has 3 heterocycles. The van der Waals surface area contributed by atoms with Gasteiger partial charge < -0.3 is 4.98 Å². The molecule has 0 aliphatic carbocycles. The molecule has 2 atom stereocenters. The molecule has 1 N–H and O–H groups in total. The zero-order valence-electron chi connectivity index (χ0n) is 16.3. The van der Waals surface area contributed by atoms with Crippen LogP contribution in [0.25, 0.3) is 10.9 Å². The number of piperidine rings is 1. The molecule has 3 aromatic rings. The molecule has 2 saturated heterocycles. The number of benzene rings is 2. The number of hydrogen-bond donors (Lipinski definition) is 1. The fourth-order valence-electron chi connectivity index (χ4n) is 5.12. The average molecular weight is 427 g/mol. The van der Waals surface area contributed by atoms with Crippen LogP contribution in [0.15, 0.2) is 42.6 Å². The Hall–Kier alpha value is -1.81. The van der Waals surface area contributed by atoms with E-state index in [2.05, 4.69) is 28.2 Å². The second-order valence-corrected chi connectivity index (χ2v) is 9.18. The second-order valence-electron chi connectivity index (χ2n) is 8.39. The number of aromatic amines is 1. The minimum Gasteiger partial charge on any atom is -0.361 e. The smallest absolute Gasteiger partial charge is 0.168 e. The maximum Gasteiger partial charge on any atom is 0.168 e. The van der Waals surface area contributed by atoms with E-state index in [-0.39, 0.29) is 5.78 Å². The van der Waals surface area contributed by atoms with Crippen molar-refractivity contribution in [2.75, 3.05) is 13.1 Å². The quantitative estimate of drug-likeness (QED) is 0.500. The van der Waals surface area contributed by atoms with Crippen molar-refractivity contribution in [3.63, 3.8) is 0 Å². The van der Waals surface area contributed by atoms with Gasteiger partial charge in [-0.2, -0.15) is 0 Å². The number of aromatic nitrogens is 1. The van der Waals surface area contributed by atoms with Gasteiger partial charge in [-0.15, -0.1) is 0 Å². The van der Waals surface area contributed by atoms with Crippen LogP contribution in [0.5, 0.6) is 0 Å². The Kier molecular flexibility index (Phi) is 5.15. The Morgan fingerprint density at radius 3 is 2.93 bits per heavy atom. The van der Waals surface area contributed by atoms with Crippen LogP contribution < -0.4 is 0 Å². The fraction of sp³-hybridized carbons (Fsp3) is 0.375. The molecule has 29 heavy (non-hydrogen) atoms. The van der Waals surface area contributed by atoms with E-state index in [1.54, 1.807) is 18.2 Å². The highest BCUT2D eigenvalue weighted by Crippen LogP contribution is 2.37. The number of carbonyl (C=O) groups is 1. The number of rotatable bonds is 4. The van der Waals surface area contributed by atoms with E-state index in [0.717, 1.165) is 23.7 Å². The van der Waals surface area contributed by atoms with Gasteiger partial charge in [-0.05, 0) is 73.5 Å². The number of fused-ring (bicyclic) bond motifs is 2. The molecule has 0 saturated carbocycles. The van der Waals surface area contributed by atoms with Crippen molar-refractivity contribution in [1.82, 2.24) is 9.88 Å². The van der Waals surface area contributed by atoms with Crippen molar-refractivity contribution in [1.29, 1.82) is 0 Å². The third kappa shape index (κ3) is 3.61. The lowest BCUT2D eigenvalue weighted by Gasteiger charge is -2.35. The van der Waals surface area contributed by atoms with Crippen LogP contribution in [0.3, 0.4) is 0 Å². The summed E-state index contributed by atoms with van der Waals surface area (Å²) in [4.78, 5) is 18.9. The molecule has 0 amide bonds. The van der Waals surface area contributed by atoms with Crippen LogP contribution in [-0.2, 0) is 6.42 Å². The molecule has 0 radical (unpaired) electrons. The largest absolute Gasteiger partial charge is 0.361 e. The van der Waals surface area contributed by atoms with Gasteiger partial charge >= 0.3 is 0 Å². The number of Topliss-reactive ketones (excluding diaryl/α,β-unsaturated/α-hetero) is 1. The topological polar surface area (TPSA) is 36.1 Å². The zero-order chi connectivity index (χ0) is 20.0. The van der Waals surface area contributed by atoms with Gasteiger partial charge in [-0.1, -0.05) is 35.3 Å². The molecule has 2 aromatic carbocycles. The van der Waals surface area contributed by atoms with E-state index in [0.29, 0.717) is 27.9 Å². The van der Waals surface area contributed by atoms with E-state index < -0.39 is 0 Å². The number of nitrogens with one attached hydrogen (secondary N) is 1. The summed E-state index contributed by atoms with van der Waals surface area (Å²) in [5.41, 5.74) is 4.02. The first-order valence-corrected chi connectivity index (χ1v) is 11.2. The van der Waals surface area contributed by atoms with Crippen LogP contribution in [0.1, 0.15) is 53.1 Å². The summed E-state index contributed by atoms with van der Waals surface area (Å²) >= 11 is 12.3. The maximum absolute atomic E-state index is 12.8. The van der Waals surface area contributed by atoms with Crippen LogP contribution in [0, 0.1) is 0 Å². The van der Waals surface area contributed by atoms with Crippen molar-refractivity contribution in [3.8, 4) is 0 Å². The highest BCUT2D eigenvalue weighted by atomic mass is 35.5. The lowest BCUT2D eigenvalue weighted by Crippen LogP contribution is -2.37. The molecule has 2 aliphatic heterocycles. The number of carbonyl (C=O) groups excluding carboxylic acids is 1. The molecule has 2 fully saturated rings. The number of halogens is 2. The van der Waals surface area contributed by atoms with Gasteiger partial charge in [-0.3, -0.25) is 9.69 Å². The molecule has 3 nitrogen and oxygen atoms in total. The maximum atomic E-state index is 12.8. The molecule has 0 spiro atoms. The van der Waals surface area contributed by atoms with Crippen molar-refractivity contribution >= 4 is 39.9 Å². The average Bonchev–Trinajstić information content (AvgIpc) is 3.35. The predicted octanol–water partition coefficient (Wildman–Crippen LogP) is 6.24. The van der Waals surface area contributed by atoms with E-state index in [4.69, 9.17) is 23.2 Å². The van der Waals surface area contributed by atoms with Crippen molar-refractivity contribution in [3.05, 3.63) is 69.3 Å². The van der Waals surface area contributed by atoms with E-state index in [1.165, 1.54) is 43.2 Å². The minimum atomic E-state index is -0.00786. The summed E-state index contributed by atoms with van der Waals surface area (Å²) in [6.07, 6.45) is 7.73. The highest BCUT2D eigenvalue weighted by molar-refractivity contribution is 6.43. The van der Waals surface area contributed by atoms with Crippen molar-refractivity contribution < 1.29 is 4.79 Å². The zero-order valence-corrected chi connectivity index (χ0v) is 17.8. The third-order valence-electron chi connectivity index (χ3n) is 6.64. The van der Waals surface area contributed by atoms with Gasteiger partial charge in [0.2, 0.25) is 0 Å². The lowest BCUT2D eigenvalue weighted by atomic mass is 9.87. The molecule has 5 heteroatoms. The summed E-state index contributed by atoms with van der Waals surface area (Å²) in [6.45, 7) is 2.39. The molecule has 1 aromatic heterocycles. The minimum absolute atomic E-state index is 0.00786. The van der Waals surface area contributed by atoms with Crippen LogP contribution in [0.2, 0.25) is 10.0 Å². The molecule has 150 valence electrons. The lowest BCUT2D eigenvalue weighted by molar-refractivity contribution is 0.0993. The predicted molar refractivity (Wildman–Crippen MR) is 119 cm³/mol. The standard InChI is InChI=1S/C24H24Cl2N2O/c25-21-5-1-4-18(24(21)26)23(29)12-15-6-9-22-19(11-15)20(13-27-22)16-7-8-17-3-2-10-28(17)14-16/h1,4-6,9,11,13,16-17,27H,2-3,7-8,10,12,14H2. The summed E-state index contributed by atoms with van der Waals surface area (Å²) in [5, 5.41) is 2.00. The first-order chi connectivity index (χ1) is 14.1. The Balaban J connectivity index is 1.41. The van der Waals surface area contributed by atoms with Crippen molar-refractivity contribution in [2.45, 2.75) is 44.1 Å². The van der Waals surface area contributed by atoms with Crippen LogP contribution in [-0.4, -0.2) is 34.8 Å². The van der Waals surface area contributed by atoms with Gasteiger partial charge in [0.25, 0.3) is 0 Å². The summed E-state index contributed by atoms with van der Waals surface area (Å²) in [6, 6.07) is 12.3. The molecule has 2 aliphatic rings. The SMILES string of the molecule is O=C(Cc1ccc2[nH]cc(C3CCC4CCCN4C3)c2c1)c1cccc(Cl)c1Cl. The second kappa shape index (κ2) is 7.79. The van der Waals surface area contributed by atoms with Crippen LogP contribution >= 0.6 is 23.2 Å². The summed E-state index contributed by atoms with van der Waals surface area (Å²) in [5.74, 6) is 0.554. The van der Waals surface area contributed by atoms with Crippen molar-refractivity contribution in [2.24, 2.45) is 0 Å². The number of H-pyrrole nitrogens is 1. The van der Waals surface area contributed by atoms with E-state index in [1.807, 2.05) is 6.07 Å². The van der Waals surface area contributed by atoms with Crippen LogP contribution in [0.4, 0.5) is 0 Å². The van der Waals surface area contributed by atoms with Gasteiger partial charge in [0.1, 0.15) is 0 Å². The summed E-state index contributed by atoms with van der Waals surface area (Å²) in [7, 11) is 0.